The number of carbonyl (C=O) groups is 3. The van der Waals surface area contributed by atoms with Crippen molar-refractivity contribution in [1.82, 2.24) is 0 Å². The van der Waals surface area contributed by atoms with Crippen LogP contribution >= 0.6 is 0 Å². The zero-order valence-electron chi connectivity index (χ0n) is 18.2. The molecule has 0 spiro atoms. The van der Waals surface area contributed by atoms with Gasteiger partial charge < -0.3 is 18.9 Å². The van der Waals surface area contributed by atoms with E-state index < -0.39 is 5.97 Å². The largest absolute Gasteiger partial charge is 0.494 e. The van der Waals surface area contributed by atoms with Crippen molar-refractivity contribution in [3.05, 3.63) is 71.8 Å². The van der Waals surface area contributed by atoms with Crippen LogP contribution in [0, 0.1) is 0 Å². The molecule has 0 unspecified atom stereocenters. The first kappa shape index (κ1) is 24.7. The van der Waals surface area contributed by atoms with Gasteiger partial charge in [-0.3, -0.25) is 4.79 Å². The summed E-state index contributed by atoms with van der Waals surface area (Å²) in [5.74, 6) is 0.275. The van der Waals surface area contributed by atoms with Gasteiger partial charge in [0.25, 0.3) is 6.47 Å². The van der Waals surface area contributed by atoms with E-state index in [1.165, 1.54) is 0 Å². The van der Waals surface area contributed by atoms with Crippen molar-refractivity contribution in [2.45, 2.75) is 32.6 Å². The molecule has 7 nitrogen and oxygen atoms in total. The molecule has 0 fully saturated rings. The number of hydrogen-bond acceptors (Lipinski definition) is 7. The number of hydrogen-bond donors (Lipinski definition) is 0. The minimum atomic E-state index is -0.460. The van der Waals surface area contributed by atoms with E-state index in [0.29, 0.717) is 55.3 Å². The van der Waals surface area contributed by atoms with Crippen LogP contribution in [-0.4, -0.2) is 38.2 Å². The highest BCUT2D eigenvalue weighted by molar-refractivity contribution is 5.91. The summed E-state index contributed by atoms with van der Waals surface area (Å²) in [5, 5.41) is 0. The molecular formula is C25H28O7. The second-order valence-corrected chi connectivity index (χ2v) is 7.10. The van der Waals surface area contributed by atoms with Crippen LogP contribution in [0.1, 0.15) is 42.1 Å². The van der Waals surface area contributed by atoms with E-state index in [9.17, 15) is 14.4 Å². The van der Waals surface area contributed by atoms with E-state index in [1.807, 2.05) is 12.1 Å². The van der Waals surface area contributed by atoms with Gasteiger partial charge in [-0.2, -0.15) is 0 Å². The first-order valence-corrected chi connectivity index (χ1v) is 10.4. The zero-order chi connectivity index (χ0) is 23.2. The van der Waals surface area contributed by atoms with Gasteiger partial charge in [-0.25, -0.2) is 9.59 Å². The Balaban J connectivity index is 1.68. The molecule has 0 heterocycles. The van der Waals surface area contributed by atoms with Crippen molar-refractivity contribution in [3.8, 4) is 11.5 Å². The van der Waals surface area contributed by atoms with E-state index in [1.54, 1.807) is 43.3 Å². The number of unbranched alkanes of at least 4 members (excludes halogenated alkanes) is 2. The monoisotopic (exact) mass is 440 g/mol. The van der Waals surface area contributed by atoms with Crippen LogP contribution in [0.4, 0.5) is 0 Å². The summed E-state index contributed by atoms with van der Waals surface area (Å²) in [4.78, 5) is 33.7. The van der Waals surface area contributed by atoms with Gasteiger partial charge >= 0.3 is 11.9 Å². The third kappa shape index (κ3) is 9.04. The first-order chi connectivity index (χ1) is 15.5. The Hall–Kier alpha value is -3.61. The van der Waals surface area contributed by atoms with E-state index >= 15 is 0 Å². The maximum Gasteiger partial charge on any atom is 0.343 e. The summed E-state index contributed by atoms with van der Waals surface area (Å²) in [5.41, 5.74) is 1.79. The van der Waals surface area contributed by atoms with Crippen LogP contribution < -0.4 is 9.47 Å². The van der Waals surface area contributed by atoms with Crippen molar-refractivity contribution in [2.24, 2.45) is 0 Å². The highest BCUT2D eigenvalue weighted by Crippen LogP contribution is 2.17. The van der Waals surface area contributed by atoms with Crippen LogP contribution in [0.5, 0.6) is 11.5 Å². The molecule has 0 atom stereocenters. The van der Waals surface area contributed by atoms with Crippen molar-refractivity contribution in [1.29, 1.82) is 0 Å². The fourth-order valence-corrected chi connectivity index (χ4v) is 2.66. The van der Waals surface area contributed by atoms with Crippen LogP contribution in [0.3, 0.4) is 0 Å². The third-order valence-corrected chi connectivity index (χ3v) is 4.44. The van der Waals surface area contributed by atoms with Gasteiger partial charge in [0.2, 0.25) is 0 Å². The van der Waals surface area contributed by atoms with E-state index in [4.69, 9.17) is 14.2 Å². The molecule has 0 aliphatic rings. The summed E-state index contributed by atoms with van der Waals surface area (Å²) >= 11 is 0. The van der Waals surface area contributed by atoms with Gasteiger partial charge in [0, 0.05) is 12.0 Å². The van der Waals surface area contributed by atoms with Crippen molar-refractivity contribution in [3.63, 3.8) is 0 Å². The normalized spacial score (nSPS) is 10.2. The molecule has 0 saturated heterocycles. The molecule has 0 aliphatic heterocycles. The van der Waals surface area contributed by atoms with Crippen LogP contribution in [0.2, 0.25) is 0 Å². The summed E-state index contributed by atoms with van der Waals surface area (Å²) in [7, 11) is 0. The highest BCUT2D eigenvalue weighted by atomic mass is 16.5. The van der Waals surface area contributed by atoms with Crippen LogP contribution in [-0.2, 0) is 25.5 Å². The molecule has 2 rings (SSSR count). The quantitative estimate of drug-likeness (QED) is 0.142. The zero-order valence-corrected chi connectivity index (χ0v) is 18.2. The maximum absolute atomic E-state index is 12.3. The molecule has 2 aromatic rings. The van der Waals surface area contributed by atoms with Crippen molar-refractivity contribution in [2.75, 3.05) is 19.8 Å². The van der Waals surface area contributed by atoms with Crippen LogP contribution in [0.15, 0.2) is 60.7 Å². The van der Waals surface area contributed by atoms with Gasteiger partial charge in [0.15, 0.2) is 0 Å². The lowest BCUT2D eigenvalue weighted by Gasteiger charge is -2.08. The average molecular weight is 440 g/mol. The SMILES string of the molecule is C=C(C)C(=O)OCCCCCOc1ccc(C(=O)Oc2ccc(CCOC=O)cc2)cc1. The predicted octanol–water partition coefficient (Wildman–Crippen LogP) is 4.29. The molecular weight excluding hydrogens is 412 g/mol. The summed E-state index contributed by atoms with van der Waals surface area (Å²) in [6.45, 7) is 6.78. The smallest absolute Gasteiger partial charge is 0.343 e. The second-order valence-electron chi connectivity index (χ2n) is 7.10. The number of carbonyl (C=O) groups excluding carboxylic acids is 3. The van der Waals surface area contributed by atoms with Crippen molar-refractivity contribution < 1.29 is 33.3 Å². The third-order valence-electron chi connectivity index (χ3n) is 4.44. The first-order valence-electron chi connectivity index (χ1n) is 10.4. The molecule has 0 radical (unpaired) electrons. The number of rotatable bonds is 14. The Kier molecular flexibility index (Phi) is 10.5. The van der Waals surface area contributed by atoms with E-state index in [-0.39, 0.29) is 5.97 Å². The molecule has 0 amide bonds. The Bertz CT molecular complexity index is 886. The van der Waals surface area contributed by atoms with Gasteiger partial charge in [-0.1, -0.05) is 18.7 Å². The molecule has 0 aliphatic carbocycles. The number of benzene rings is 2. The minimum absolute atomic E-state index is 0.307. The van der Waals surface area contributed by atoms with Gasteiger partial charge in [0.1, 0.15) is 11.5 Å². The molecule has 0 aromatic heterocycles. The predicted molar refractivity (Wildman–Crippen MR) is 119 cm³/mol. The Morgan fingerprint density at radius 3 is 2.19 bits per heavy atom. The Morgan fingerprint density at radius 1 is 0.875 bits per heavy atom. The van der Waals surface area contributed by atoms with E-state index in [0.717, 1.165) is 24.8 Å². The topological polar surface area (TPSA) is 88.1 Å². The fraction of sp³-hybridized carbons (Fsp3) is 0.320. The Morgan fingerprint density at radius 2 is 1.53 bits per heavy atom. The van der Waals surface area contributed by atoms with Gasteiger partial charge in [-0.15, -0.1) is 0 Å². The number of ether oxygens (including phenoxy) is 4. The Labute approximate surface area is 187 Å². The fourth-order valence-electron chi connectivity index (χ4n) is 2.66. The van der Waals surface area contributed by atoms with Gasteiger partial charge in [-0.05, 0) is 68.1 Å². The standard InChI is InChI=1S/C25H28O7/c1-19(2)24(27)31-16-5-3-4-15-30-22-12-8-21(9-13-22)25(28)32-23-10-6-20(7-11-23)14-17-29-18-26/h6-13,18H,1,3-5,14-17H2,2H3. The lowest BCUT2D eigenvalue weighted by molar-refractivity contribution is -0.139. The maximum atomic E-state index is 12.3. The lowest BCUT2D eigenvalue weighted by Crippen LogP contribution is -2.08. The average Bonchev–Trinajstić information content (AvgIpc) is 2.80. The van der Waals surface area contributed by atoms with E-state index in [2.05, 4.69) is 11.3 Å². The summed E-state index contributed by atoms with van der Waals surface area (Å²) in [6, 6.07) is 13.8. The second kappa shape index (κ2) is 13.6. The molecule has 0 saturated carbocycles. The summed E-state index contributed by atoms with van der Waals surface area (Å²) < 4.78 is 20.8. The molecule has 170 valence electrons. The van der Waals surface area contributed by atoms with Crippen molar-refractivity contribution >= 4 is 18.4 Å². The number of esters is 2. The van der Waals surface area contributed by atoms with Gasteiger partial charge in [0.05, 0.1) is 25.4 Å². The summed E-state index contributed by atoms with van der Waals surface area (Å²) in [6.07, 6.45) is 3.06. The lowest BCUT2D eigenvalue weighted by atomic mass is 10.1. The minimum Gasteiger partial charge on any atom is -0.494 e. The molecule has 0 N–H and O–H groups in total. The van der Waals surface area contributed by atoms with Crippen LogP contribution in [0.25, 0.3) is 0 Å². The molecule has 32 heavy (non-hydrogen) atoms. The molecule has 7 heteroatoms. The molecule has 2 aromatic carbocycles. The highest BCUT2D eigenvalue weighted by Gasteiger charge is 2.09. The molecule has 0 bridgehead atoms.